The Kier molecular flexibility index (Phi) is 7.15. The molecule has 0 radical (unpaired) electrons. The van der Waals surface area contributed by atoms with Crippen molar-refractivity contribution in [2.24, 2.45) is 0 Å². The summed E-state index contributed by atoms with van der Waals surface area (Å²) in [6.45, 7) is 3.99. The van der Waals surface area contributed by atoms with Crippen molar-refractivity contribution >= 4 is 18.0 Å². The van der Waals surface area contributed by atoms with Crippen LogP contribution in [0.25, 0.3) is 11.1 Å². The van der Waals surface area contributed by atoms with Crippen LogP contribution < -0.4 is 5.32 Å². The highest BCUT2D eigenvalue weighted by atomic mass is 16.5. The molecule has 1 aliphatic rings. The maximum atomic E-state index is 12.7. The minimum Gasteiger partial charge on any atom is -0.480 e. The molecule has 7 nitrogen and oxygen atoms in total. The van der Waals surface area contributed by atoms with E-state index in [4.69, 9.17) is 4.74 Å². The molecule has 0 heterocycles. The van der Waals surface area contributed by atoms with Crippen LogP contribution in [0.2, 0.25) is 0 Å². The van der Waals surface area contributed by atoms with Gasteiger partial charge in [-0.2, -0.15) is 0 Å². The van der Waals surface area contributed by atoms with Gasteiger partial charge in [0.2, 0.25) is 0 Å². The number of aliphatic carboxylic acids is 1. The van der Waals surface area contributed by atoms with Crippen molar-refractivity contribution < 1.29 is 24.2 Å². The fourth-order valence-electron chi connectivity index (χ4n) is 4.48. The quantitative estimate of drug-likeness (QED) is 0.497. The molecule has 1 atom stereocenters. The molecular formula is C28H28N2O5. The number of hydrogen-bond donors (Lipinski definition) is 2. The summed E-state index contributed by atoms with van der Waals surface area (Å²) in [4.78, 5) is 37.6. The summed E-state index contributed by atoms with van der Waals surface area (Å²) in [5.74, 6) is -1.41. The lowest BCUT2D eigenvalue weighted by molar-refractivity contribution is -0.141. The first-order chi connectivity index (χ1) is 16.9. The first-order valence-corrected chi connectivity index (χ1v) is 11.6. The van der Waals surface area contributed by atoms with Crippen LogP contribution in [-0.4, -0.2) is 47.2 Å². The maximum absolute atomic E-state index is 12.7. The fraction of sp³-hybridized carbons (Fsp3) is 0.250. The van der Waals surface area contributed by atoms with Crippen molar-refractivity contribution in [1.82, 2.24) is 10.2 Å². The van der Waals surface area contributed by atoms with E-state index < -0.39 is 18.1 Å². The van der Waals surface area contributed by atoms with E-state index in [9.17, 15) is 19.5 Å². The summed E-state index contributed by atoms with van der Waals surface area (Å²) in [6.07, 6.45) is -0.514. The molecule has 0 spiro atoms. The first-order valence-electron chi connectivity index (χ1n) is 11.6. The summed E-state index contributed by atoms with van der Waals surface area (Å²) < 4.78 is 5.55. The second-order valence-electron chi connectivity index (χ2n) is 8.48. The molecule has 0 saturated carbocycles. The van der Waals surface area contributed by atoms with Gasteiger partial charge >= 0.3 is 12.1 Å². The largest absolute Gasteiger partial charge is 0.480 e. The van der Waals surface area contributed by atoms with Gasteiger partial charge < -0.3 is 20.1 Å². The third-order valence-corrected chi connectivity index (χ3v) is 6.41. The lowest BCUT2D eigenvalue weighted by atomic mass is 9.98. The second kappa shape index (κ2) is 10.4. The monoisotopic (exact) mass is 472 g/mol. The molecule has 0 saturated heterocycles. The number of carbonyl (C=O) groups excluding carboxylic acids is 2. The number of alkyl carbamates (subject to hydrolysis) is 1. The zero-order valence-electron chi connectivity index (χ0n) is 19.7. The van der Waals surface area contributed by atoms with Crippen molar-refractivity contribution in [2.45, 2.75) is 32.4 Å². The molecular weight excluding hydrogens is 444 g/mol. The number of nitrogens with one attached hydrogen (secondary N) is 1. The number of carbonyl (C=O) groups is 3. The summed E-state index contributed by atoms with van der Waals surface area (Å²) in [5, 5.41) is 12.0. The van der Waals surface area contributed by atoms with Crippen LogP contribution in [0.5, 0.6) is 0 Å². The van der Waals surface area contributed by atoms with E-state index in [0.717, 1.165) is 16.7 Å². The fourth-order valence-corrected chi connectivity index (χ4v) is 4.48. The topological polar surface area (TPSA) is 95.9 Å². The highest BCUT2D eigenvalue weighted by Gasteiger charge is 2.29. The third kappa shape index (κ3) is 5.04. The molecule has 1 aliphatic carbocycles. The van der Waals surface area contributed by atoms with Gasteiger partial charge in [0, 0.05) is 24.6 Å². The number of carboxylic acid groups (broad SMARTS) is 1. The number of rotatable bonds is 8. The van der Waals surface area contributed by atoms with Crippen molar-refractivity contribution in [1.29, 1.82) is 0 Å². The van der Waals surface area contributed by atoms with Crippen molar-refractivity contribution in [3.8, 4) is 11.1 Å². The number of amides is 2. The Morgan fingerprint density at radius 3 is 2.06 bits per heavy atom. The Balaban J connectivity index is 1.33. The molecule has 0 aliphatic heterocycles. The maximum Gasteiger partial charge on any atom is 0.407 e. The van der Waals surface area contributed by atoms with Crippen LogP contribution in [0, 0.1) is 0 Å². The zero-order chi connectivity index (χ0) is 24.9. The second-order valence-corrected chi connectivity index (χ2v) is 8.48. The highest BCUT2D eigenvalue weighted by molar-refractivity contribution is 5.96. The van der Waals surface area contributed by atoms with Crippen LogP contribution >= 0.6 is 0 Å². The van der Waals surface area contributed by atoms with E-state index in [1.807, 2.05) is 24.3 Å². The molecule has 0 fully saturated rings. The van der Waals surface area contributed by atoms with E-state index in [0.29, 0.717) is 5.56 Å². The van der Waals surface area contributed by atoms with E-state index >= 15 is 0 Å². The van der Waals surface area contributed by atoms with E-state index in [2.05, 4.69) is 29.6 Å². The van der Waals surface area contributed by atoms with Gasteiger partial charge in [0.1, 0.15) is 12.6 Å². The summed E-state index contributed by atoms with van der Waals surface area (Å²) in [5.41, 5.74) is 5.84. The number of carboxylic acids is 1. The predicted molar refractivity (Wildman–Crippen MR) is 132 cm³/mol. The number of nitrogens with zero attached hydrogens (tertiary/aromatic N) is 1. The minimum atomic E-state index is -1.05. The van der Waals surface area contributed by atoms with Crippen LogP contribution in [0.3, 0.4) is 0 Å². The Labute approximate surface area is 204 Å². The lowest BCUT2D eigenvalue weighted by Gasteiger charge is -2.25. The molecule has 1 unspecified atom stereocenters. The minimum absolute atomic E-state index is 0.00634. The molecule has 2 amide bonds. The number of likely N-dealkylation sites (N-methyl/N-ethyl adjacent to an activating group) is 1. The first kappa shape index (κ1) is 24.0. The van der Waals surface area contributed by atoms with Gasteiger partial charge in [0.25, 0.3) is 5.91 Å². The van der Waals surface area contributed by atoms with Gasteiger partial charge in [-0.05, 0) is 53.8 Å². The Hall–Kier alpha value is -4.13. The normalized spacial score (nSPS) is 12.9. The third-order valence-electron chi connectivity index (χ3n) is 6.41. The van der Waals surface area contributed by atoms with E-state index in [1.54, 1.807) is 31.2 Å². The molecule has 3 aromatic rings. The molecule has 0 bridgehead atoms. The van der Waals surface area contributed by atoms with Gasteiger partial charge in [-0.3, -0.25) is 4.79 Å². The zero-order valence-corrected chi connectivity index (χ0v) is 19.7. The predicted octanol–water partition coefficient (Wildman–Crippen LogP) is 4.66. The SMILES string of the molecule is CCN(C(=O)c1ccc(CNC(=O)OCC2c3ccccc3-c3ccccc32)cc1)C(C)C(=O)O. The Morgan fingerprint density at radius 2 is 1.51 bits per heavy atom. The average Bonchev–Trinajstić information content (AvgIpc) is 3.20. The summed E-state index contributed by atoms with van der Waals surface area (Å²) in [7, 11) is 0. The van der Waals surface area contributed by atoms with Crippen molar-refractivity contribution in [2.75, 3.05) is 13.2 Å². The van der Waals surface area contributed by atoms with Crippen LogP contribution in [0.1, 0.15) is 46.8 Å². The standard InChI is InChI=1S/C28H28N2O5/c1-3-30(18(2)27(32)33)26(31)20-14-12-19(13-15-20)16-29-28(34)35-17-25-23-10-6-4-8-21(23)22-9-5-7-11-24(22)25/h4-15,18,25H,3,16-17H2,1-2H3,(H,29,34)(H,32,33). The highest BCUT2D eigenvalue weighted by Crippen LogP contribution is 2.44. The van der Waals surface area contributed by atoms with Gasteiger partial charge in [-0.1, -0.05) is 60.7 Å². The van der Waals surface area contributed by atoms with Gasteiger partial charge in [-0.25, -0.2) is 9.59 Å². The summed E-state index contributed by atoms with van der Waals surface area (Å²) >= 11 is 0. The van der Waals surface area contributed by atoms with Gasteiger partial charge in [-0.15, -0.1) is 0 Å². The molecule has 7 heteroatoms. The smallest absolute Gasteiger partial charge is 0.407 e. The Bertz CT molecular complexity index is 1190. The molecule has 2 N–H and O–H groups in total. The molecule has 0 aromatic heterocycles. The van der Waals surface area contributed by atoms with Crippen LogP contribution in [0.4, 0.5) is 4.79 Å². The summed E-state index contributed by atoms with van der Waals surface area (Å²) in [6, 6.07) is 22.1. The van der Waals surface area contributed by atoms with Crippen molar-refractivity contribution in [3.63, 3.8) is 0 Å². The number of benzene rings is 3. The Morgan fingerprint density at radius 1 is 0.943 bits per heavy atom. The van der Waals surface area contributed by atoms with Gasteiger partial charge in [0.15, 0.2) is 0 Å². The number of ether oxygens (including phenoxy) is 1. The lowest BCUT2D eigenvalue weighted by Crippen LogP contribution is -2.43. The van der Waals surface area contributed by atoms with E-state index in [-0.39, 0.29) is 31.5 Å². The van der Waals surface area contributed by atoms with Crippen LogP contribution in [0.15, 0.2) is 72.8 Å². The van der Waals surface area contributed by atoms with Crippen molar-refractivity contribution in [3.05, 3.63) is 95.1 Å². The average molecular weight is 473 g/mol. The van der Waals surface area contributed by atoms with Crippen LogP contribution in [-0.2, 0) is 16.1 Å². The number of hydrogen-bond acceptors (Lipinski definition) is 4. The molecule has 4 rings (SSSR count). The molecule has 3 aromatic carbocycles. The van der Waals surface area contributed by atoms with Gasteiger partial charge in [0.05, 0.1) is 0 Å². The molecule has 35 heavy (non-hydrogen) atoms. The number of fused-ring (bicyclic) bond motifs is 3. The molecule has 180 valence electrons. The van der Waals surface area contributed by atoms with E-state index in [1.165, 1.54) is 23.0 Å².